The van der Waals surface area contributed by atoms with Crippen molar-refractivity contribution in [3.8, 4) is 0 Å². The maximum atomic E-state index is 11.5. The monoisotopic (exact) mass is 457 g/mol. The minimum atomic E-state index is -0.372. The molecule has 0 aliphatic carbocycles. The van der Waals surface area contributed by atoms with Crippen molar-refractivity contribution in [2.75, 3.05) is 11.3 Å². The van der Waals surface area contributed by atoms with Crippen molar-refractivity contribution in [2.45, 2.75) is 10.9 Å². The van der Waals surface area contributed by atoms with Crippen LogP contribution in [-0.4, -0.2) is 16.3 Å². The van der Waals surface area contributed by atoms with E-state index in [2.05, 4.69) is 27.6 Å². The number of thiazole rings is 1. The molecule has 0 atom stereocenters. The fraction of sp³-hybridized carbons (Fsp3) is 0.133. The summed E-state index contributed by atoms with van der Waals surface area (Å²) < 4.78 is 3.06. The maximum absolute atomic E-state index is 11.5. The van der Waals surface area contributed by atoms with E-state index in [1.807, 2.05) is 36.6 Å². The fourth-order valence-electron chi connectivity index (χ4n) is 2.22. The topological polar surface area (TPSA) is 59.3 Å². The average Bonchev–Trinajstić information content (AvgIpc) is 2.97. The largest absolute Gasteiger partial charge is 0.234 e. The van der Waals surface area contributed by atoms with Crippen LogP contribution in [0.5, 0.6) is 0 Å². The Balaban J connectivity index is 1.99. The van der Waals surface area contributed by atoms with Gasteiger partial charge in [-0.2, -0.15) is 0 Å². The van der Waals surface area contributed by atoms with Gasteiger partial charge in [-0.25, -0.2) is 15.1 Å². The zero-order valence-electron chi connectivity index (χ0n) is 12.1. The number of para-hydroxylation sites is 1. The molecule has 0 bridgehead atoms. The zero-order valence-corrected chi connectivity index (χ0v) is 15.9. The second-order valence-corrected chi connectivity index (χ2v) is 8.05. The van der Waals surface area contributed by atoms with Gasteiger partial charge in [0.25, 0.3) is 0 Å². The van der Waals surface area contributed by atoms with Crippen molar-refractivity contribution >= 4 is 61.6 Å². The van der Waals surface area contributed by atoms with E-state index in [0.717, 1.165) is 28.7 Å². The molecule has 3 rings (SSSR count). The Hall–Kier alpha value is -1.39. The number of fused-ring (bicyclic) bond motifs is 1. The Morgan fingerprint density at radius 1 is 1.30 bits per heavy atom. The first kappa shape index (κ1) is 16.5. The number of aromatic nitrogens is 1. The first-order valence-corrected chi connectivity index (χ1v) is 9.80. The van der Waals surface area contributed by atoms with Gasteiger partial charge in [0, 0.05) is 9.13 Å². The Bertz CT molecular complexity index is 852. The molecule has 1 heterocycles. The number of hydrogen-bond donors (Lipinski definition) is 0. The van der Waals surface area contributed by atoms with Crippen LogP contribution in [-0.2, 0) is 6.54 Å². The number of halogens is 1. The molecule has 2 aromatic carbocycles. The lowest BCUT2D eigenvalue weighted by Gasteiger charge is -2.14. The molecule has 1 aromatic heterocycles. The summed E-state index contributed by atoms with van der Waals surface area (Å²) in [4.78, 5) is 16.1. The molecule has 0 spiro atoms. The second kappa shape index (κ2) is 7.02. The van der Waals surface area contributed by atoms with Gasteiger partial charge in [-0.1, -0.05) is 28.9 Å². The molecule has 0 radical (unpaired) electrons. The summed E-state index contributed by atoms with van der Waals surface area (Å²) in [6.07, 6.45) is 1.98. The molecule has 23 heavy (non-hydrogen) atoms. The molecule has 0 fully saturated rings. The van der Waals surface area contributed by atoms with E-state index in [9.17, 15) is 10.1 Å². The van der Waals surface area contributed by atoms with Gasteiger partial charge in [0.05, 0.1) is 10.2 Å². The Morgan fingerprint density at radius 2 is 2.04 bits per heavy atom. The lowest BCUT2D eigenvalue weighted by molar-refractivity contribution is -0.496. The van der Waals surface area contributed by atoms with Crippen molar-refractivity contribution in [3.63, 3.8) is 0 Å². The number of benzene rings is 2. The van der Waals surface area contributed by atoms with Gasteiger partial charge in [0.1, 0.15) is 12.2 Å². The molecular weight excluding hydrogens is 445 g/mol. The third-order valence-electron chi connectivity index (χ3n) is 3.30. The normalized spacial score (nSPS) is 10.9. The quantitative estimate of drug-likeness (QED) is 0.238. The summed E-state index contributed by atoms with van der Waals surface area (Å²) in [5.41, 5.74) is 2.27. The van der Waals surface area contributed by atoms with Gasteiger partial charge in [-0.05, 0) is 59.2 Å². The summed E-state index contributed by atoms with van der Waals surface area (Å²) >= 11 is 5.37. The number of anilines is 1. The SMILES string of the molecule is CSc1nc2c(CN(c3ccc(I)cc3)[N+](=O)[O-])cccc2s1. The number of hydrazine groups is 1. The Labute approximate surface area is 155 Å². The fourth-order valence-corrected chi connectivity index (χ4v) is 4.11. The van der Waals surface area contributed by atoms with Crippen LogP contribution in [0.1, 0.15) is 5.56 Å². The lowest BCUT2D eigenvalue weighted by Crippen LogP contribution is -2.29. The summed E-state index contributed by atoms with van der Waals surface area (Å²) in [7, 11) is 0. The van der Waals surface area contributed by atoms with Gasteiger partial charge < -0.3 is 0 Å². The first-order valence-electron chi connectivity index (χ1n) is 6.68. The van der Waals surface area contributed by atoms with Crippen molar-refractivity contribution in [1.29, 1.82) is 0 Å². The van der Waals surface area contributed by atoms with Crippen LogP contribution in [0, 0.1) is 13.7 Å². The molecule has 0 aliphatic heterocycles. The smallest absolute Gasteiger partial charge is 0.165 e. The standard InChI is InChI=1S/C15H12IN3O2S2/c1-22-15-17-14-10(3-2-4-13(14)23-15)9-18(19(20)21)12-7-5-11(16)6-8-12/h2-8H,9H2,1H3. The van der Waals surface area contributed by atoms with E-state index in [1.54, 1.807) is 35.2 Å². The molecule has 5 nitrogen and oxygen atoms in total. The van der Waals surface area contributed by atoms with Gasteiger partial charge in [-0.15, -0.1) is 11.3 Å². The molecule has 0 unspecified atom stereocenters. The van der Waals surface area contributed by atoms with Crippen molar-refractivity contribution in [2.24, 2.45) is 0 Å². The molecule has 3 aromatic rings. The van der Waals surface area contributed by atoms with Crippen LogP contribution in [0.2, 0.25) is 0 Å². The number of nitro groups is 1. The second-order valence-electron chi connectivity index (χ2n) is 4.72. The van der Waals surface area contributed by atoms with E-state index in [1.165, 1.54) is 0 Å². The van der Waals surface area contributed by atoms with Crippen LogP contribution in [0.3, 0.4) is 0 Å². The molecule has 8 heteroatoms. The number of rotatable bonds is 5. The van der Waals surface area contributed by atoms with Crippen LogP contribution in [0.15, 0.2) is 46.8 Å². The predicted molar refractivity (Wildman–Crippen MR) is 104 cm³/mol. The third-order valence-corrected chi connectivity index (χ3v) is 6.02. The van der Waals surface area contributed by atoms with Crippen molar-refractivity contribution < 1.29 is 5.03 Å². The molecular formula is C15H12IN3O2S2. The van der Waals surface area contributed by atoms with E-state index in [4.69, 9.17) is 0 Å². The Morgan fingerprint density at radius 3 is 2.70 bits per heavy atom. The third kappa shape index (κ3) is 3.59. The van der Waals surface area contributed by atoms with E-state index in [0.29, 0.717) is 5.69 Å². The van der Waals surface area contributed by atoms with Gasteiger partial charge in [0.15, 0.2) is 9.37 Å². The number of nitrogens with zero attached hydrogens (tertiary/aromatic N) is 3. The van der Waals surface area contributed by atoms with Crippen LogP contribution >= 0.6 is 45.7 Å². The van der Waals surface area contributed by atoms with Gasteiger partial charge >= 0.3 is 0 Å². The van der Waals surface area contributed by atoms with Gasteiger partial charge in [0.2, 0.25) is 0 Å². The van der Waals surface area contributed by atoms with Crippen molar-refractivity contribution in [1.82, 2.24) is 4.98 Å². The highest BCUT2D eigenvalue weighted by Gasteiger charge is 2.20. The minimum absolute atomic E-state index is 0.183. The highest BCUT2D eigenvalue weighted by Crippen LogP contribution is 2.31. The summed E-state index contributed by atoms with van der Waals surface area (Å²) in [5.74, 6) is 0. The molecule has 0 saturated heterocycles. The molecule has 118 valence electrons. The summed E-state index contributed by atoms with van der Waals surface area (Å²) in [5, 5.41) is 12.3. The number of hydrogen-bond acceptors (Lipinski definition) is 5. The minimum Gasteiger partial charge on any atom is -0.234 e. The van der Waals surface area contributed by atoms with Crippen molar-refractivity contribution in [3.05, 3.63) is 61.7 Å². The molecule has 0 amide bonds. The first-order chi connectivity index (χ1) is 11.1. The summed E-state index contributed by atoms with van der Waals surface area (Å²) in [6.45, 7) is 0.183. The number of thioether (sulfide) groups is 1. The van der Waals surface area contributed by atoms with E-state index >= 15 is 0 Å². The molecule has 0 saturated carbocycles. The van der Waals surface area contributed by atoms with Gasteiger partial charge in [-0.3, -0.25) is 0 Å². The molecule has 0 N–H and O–H groups in total. The van der Waals surface area contributed by atoms with E-state index in [-0.39, 0.29) is 11.6 Å². The van der Waals surface area contributed by atoms with Crippen LogP contribution in [0.25, 0.3) is 10.2 Å². The zero-order chi connectivity index (χ0) is 16.4. The predicted octanol–water partition coefficient (Wildman–Crippen LogP) is 4.82. The van der Waals surface area contributed by atoms with E-state index < -0.39 is 0 Å². The lowest BCUT2D eigenvalue weighted by atomic mass is 10.2. The Kier molecular flexibility index (Phi) is 5.02. The van der Waals surface area contributed by atoms with Crippen LogP contribution < -0.4 is 5.01 Å². The maximum Gasteiger partial charge on any atom is 0.165 e. The van der Waals surface area contributed by atoms with Crippen LogP contribution in [0.4, 0.5) is 5.69 Å². The summed E-state index contributed by atoms with van der Waals surface area (Å²) in [6, 6.07) is 13.1. The highest BCUT2D eigenvalue weighted by molar-refractivity contribution is 14.1. The average molecular weight is 457 g/mol. The molecule has 0 aliphatic rings. The highest BCUT2D eigenvalue weighted by atomic mass is 127.